The molecule has 0 aliphatic heterocycles. The average Bonchev–Trinajstić information content (AvgIpc) is 2.03. The molecule has 0 heteroatoms. The smallest absolute Gasteiger partial charge is 0.0287 e. The second-order valence-corrected chi connectivity index (χ2v) is 3.29. The molecule has 0 fully saturated rings. The summed E-state index contributed by atoms with van der Waals surface area (Å²) in [4.78, 5) is 0. The highest BCUT2D eigenvalue weighted by Gasteiger charge is 1.92. The van der Waals surface area contributed by atoms with E-state index >= 15 is 0 Å². The third-order valence-electron chi connectivity index (χ3n) is 1.70. The molecule has 0 nitrogen and oxygen atoms in total. The van der Waals surface area contributed by atoms with Gasteiger partial charge in [0.05, 0.1) is 0 Å². The minimum atomic E-state index is 0.659. The Morgan fingerprint density at radius 1 is 1.36 bits per heavy atom. The normalized spacial score (nSPS) is 17.9. The zero-order valence-electron chi connectivity index (χ0n) is 7.38. The fourth-order valence-corrected chi connectivity index (χ4v) is 1.06. The number of allylic oxidation sites excluding steroid dienone is 6. The predicted molar refractivity (Wildman–Crippen MR) is 50.4 cm³/mol. The summed E-state index contributed by atoms with van der Waals surface area (Å²) in [7, 11) is 0. The molecule has 0 aromatic rings. The van der Waals surface area contributed by atoms with E-state index in [-0.39, 0.29) is 0 Å². The number of hydrogen-bond donors (Lipinski definition) is 0. The Kier molecular flexibility index (Phi) is 3.15. The van der Waals surface area contributed by atoms with E-state index in [2.05, 4.69) is 44.2 Å². The molecule has 0 atom stereocenters. The van der Waals surface area contributed by atoms with Crippen molar-refractivity contribution in [3.8, 4) is 0 Å². The van der Waals surface area contributed by atoms with Crippen LogP contribution in [0.1, 0.15) is 26.7 Å². The molecular weight excluding hydrogens is 132 g/mol. The summed E-state index contributed by atoms with van der Waals surface area (Å²) in [5.41, 5.74) is 1.37. The Morgan fingerprint density at radius 2 is 2.18 bits per heavy atom. The van der Waals surface area contributed by atoms with Crippen molar-refractivity contribution in [3.05, 3.63) is 36.0 Å². The van der Waals surface area contributed by atoms with E-state index in [0.717, 1.165) is 0 Å². The third-order valence-corrected chi connectivity index (χ3v) is 1.70. The van der Waals surface area contributed by atoms with E-state index in [4.69, 9.17) is 0 Å². The highest BCUT2D eigenvalue weighted by molar-refractivity contribution is 5.32. The topological polar surface area (TPSA) is 0 Å². The van der Waals surface area contributed by atoms with Crippen molar-refractivity contribution in [2.75, 3.05) is 0 Å². The van der Waals surface area contributed by atoms with E-state index < -0.39 is 0 Å². The van der Waals surface area contributed by atoms with Crippen LogP contribution in [0.4, 0.5) is 0 Å². The van der Waals surface area contributed by atoms with E-state index in [0.29, 0.717) is 5.92 Å². The molecule has 1 rings (SSSR count). The minimum Gasteiger partial charge on any atom is -0.0836 e. The lowest BCUT2D eigenvalue weighted by atomic mass is 10.1. The van der Waals surface area contributed by atoms with Crippen LogP contribution >= 0.6 is 0 Å². The van der Waals surface area contributed by atoms with Crippen molar-refractivity contribution in [3.63, 3.8) is 0 Å². The van der Waals surface area contributed by atoms with Crippen molar-refractivity contribution in [2.45, 2.75) is 26.7 Å². The van der Waals surface area contributed by atoms with Gasteiger partial charge < -0.3 is 0 Å². The van der Waals surface area contributed by atoms with Crippen molar-refractivity contribution in [1.29, 1.82) is 0 Å². The van der Waals surface area contributed by atoms with E-state index in [1.54, 1.807) is 0 Å². The molecule has 0 N–H and O–H groups in total. The van der Waals surface area contributed by atoms with Crippen LogP contribution in [0.15, 0.2) is 36.0 Å². The molecular formula is C11H16. The van der Waals surface area contributed by atoms with Gasteiger partial charge in [-0.25, -0.2) is 0 Å². The van der Waals surface area contributed by atoms with Gasteiger partial charge in [-0.2, -0.15) is 0 Å². The summed E-state index contributed by atoms with van der Waals surface area (Å²) in [6.45, 7) is 4.40. The van der Waals surface area contributed by atoms with Gasteiger partial charge in [-0.15, -0.1) is 0 Å². The van der Waals surface area contributed by atoms with Crippen molar-refractivity contribution in [1.82, 2.24) is 0 Å². The van der Waals surface area contributed by atoms with E-state index in [1.807, 2.05) is 0 Å². The summed E-state index contributed by atoms with van der Waals surface area (Å²) in [5, 5.41) is 0. The lowest BCUT2D eigenvalue weighted by molar-refractivity contribution is 0.831. The first-order valence-corrected chi connectivity index (χ1v) is 4.34. The van der Waals surface area contributed by atoms with Crippen LogP contribution in [0, 0.1) is 5.92 Å². The summed E-state index contributed by atoms with van der Waals surface area (Å²) >= 11 is 0. The van der Waals surface area contributed by atoms with E-state index in [9.17, 15) is 0 Å². The SMILES string of the molecule is CC(C)/C=C/C1=CCCC=C1. The van der Waals surface area contributed by atoms with Crippen molar-refractivity contribution < 1.29 is 0 Å². The molecule has 0 aromatic carbocycles. The maximum absolute atomic E-state index is 2.29. The Balaban J connectivity index is 2.48. The van der Waals surface area contributed by atoms with Crippen LogP contribution in [-0.2, 0) is 0 Å². The van der Waals surface area contributed by atoms with Crippen LogP contribution in [0.3, 0.4) is 0 Å². The fourth-order valence-electron chi connectivity index (χ4n) is 1.06. The predicted octanol–water partition coefficient (Wildman–Crippen LogP) is 3.48. The van der Waals surface area contributed by atoms with Crippen LogP contribution in [-0.4, -0.2) is 0 Å². The summed E-state index contributed by atoms with van der Waals surface area (Å²) in [5.74, 6) is 0.659. The first-order chi connectivity index (χ1) is 5.29. The van der Waals surface area contributed by atoms with Gasteiger partial charge in [-0.1, -0.05) is 44.2 Å². The Hall–Kier alpha value is -0.780. The van der Waals surface area contributed by atoms with Crippen LogP contribution in [0.2, 0.25) is 0 Å². The average molecular weight is 148 g/mol. The van der Waals surface area contributed by atoms with Gasteiger partial charge in [0.1, 0.15) is 0 Å². The van der Waals surface area contributed by atoms with Gasteiger partial charge >= 0.3 is 0 Å². The van der Waals surface area contributed by atoms with Crippen molar-refractivity contribution in [2.24, 2.45) is 5.92 Å². The second-order valence-electron chi connectivity index (χ2n) is 3.29. The molecule has 0 spiro atoms. The third kappa shape index (κ3) is 3.22. The standard InChI is InChI=1S/C11H16/c1-10(2)8-9-11-6-4-3-5-7-11/h4,6-10H,3,5H2,1-2H3/b9-8+. The van der Waals surface area contributed by atoms with Crippen molar-refractivity contribution >= 4 is 0 Å². The zero-order valence-corrected chi connectivity index (χ0v) is 7.38. The summed E-state index contributed by atoms with van der Waals surface area (Å²) < 4.78 is 0. The largest absolute Gasteiger partial charge is 0.0836 e. The van der Waals surface area contributed by atoms with Gasteiger partial charge in [-0.05, 0) is 24.3 Å². The summed E-state index contributed by atoms with van der Waals surface area (Å²) in [6.07, 6.45) is 13.6. The van der Waals surface area contributed by atoms with Gasteiger partial charge in [-0.3, -0.25) is 0 Å². The molecule has 0 unspecified atom stereocenters. The molecule has 1 aliphatic rings. The molecule has 0 aromatic heterocycles. The highest BCUT2D eigenvalue weighted by atomic mass is 14.0. The monoisotopic (exact) mass is 148 g/mol. The molecule has 0 heterocycles. The van der Waals surface area contributed by atoms with Gasteiger partial charge in [0.25, 0.3) is 0 Å². The maximum atomic E-state index is 2.29. The Bertz CT molecular complexity index is 192. The molecule has 0 saturated carbocycles. The van der Waals surface area contributed by atoms with Crippen LogP contribution in [0.25, 0.3) is 0 Å². The van der Waals surface area contributed by atoms with Gasteiger partial charge in [0, 0.05) is 0 Å². The number of hydrogen-bond acceptors (Lipinski definition) is 0. The summed E-state index contributed by atoms with van der Waals surface area (Å²) in [6, 6.07) is 0. The first-order valence-electron chi connectivity index (χ1n) is 4.34. The first kappa shape index (κ1) is 8.32. The Morgan fingerprint density at radius 3 is 2.73 bits per heavy atom. The Labute approximate surface area is 69.3 Å². The lowest BCUT2D eigenvalue weighted by Gasteiger charge is -2.01. The quantitative estimate of drug-likeness (QED) is 0.562. The van der Waals surface area contributed by atoms with Gasteiger partial charge in [0.2, 0.25) is 0 Å². The molecule has 11 heavy (non-hydrogen) atoms. The maximum Gasteiger partial charge on any atom is -0.0287 e. The second kappa shape index (κ2) is 4.17. The fraction of sp³-hybridized carbons (Fsp3) is 0.455. The zero-order chi connectivity index (χ0) is 8.10. The van der Waals surface area contributed by atoms with E-state index in [1.165, 1.54) is 18.4 Å². The molecule has 1 aliphatic carbocycles. The minimum absolute atomic E-state index is 0.659. The number of rotatable bonds is 2. The van der Waals surface area contributed by atoms with Gasteiger partial charge in [0.15, 0.2) is 0 Å². The molecule has 0 amide bonds. The molecule has 0 radical (unpaired) electrons. The molecule has 60 valence electrons. The molecule has 0 bridgehead atoms. The highest BCUT2D eigenvalue weighted by Crippen LogP contribution is 2.11. The van der Waals surface area contributed by atoms with Crippen LogP contribution < -0.4 is 0 Å². The lowest BCUT2D eigenvalue weighted by Crippen LogP contribution is -1.82. The molecule has 0 saturated heterocycles. The van der Waals surface area contributed by atoms with Crippen LogP contribution in [0.5, 0.6) is 0 Å².